The normalized spacial score (nSPS) is 10.9. The number of hydrogen-bond donors (Lipinski definition) is 3. The number of nitriles is 1. The SMILES string of the molecule is N#Cc1ccc(CNC(=O)c2ccc3nc(-c4n[nH]c5ccccc45)[nH]c3c2)cc1. The first-order valence-electron chi connectivity index (χ1n) is 9.42. The molecule has 2 aromatic heterocycles. The Balaban J connectivity index is 1.38. The van der Waals surface area contributed by atoms with Crippen LogP contribution in [0.25, 0.3) is 33.5 Å². The first kappa shape index (κ1) is 17.6. The number of nitrogens with one attached hydrogen (secondary N) is 3. The van der Waals surface area contributed by atoms with Crippen LogP contribution in [0.5, 0.6) is 0 Å². The third-order valence-corrected chi connectivity index (χ3v) is 4.97. The second-order valence-corrected chi connectivity index (χ2v) is 6.93. The van der Waals surface area contributed by atoms with Crippen LogP contribution in [-0.4, -0.2) is 26.1 Å². The van der Waals surface area contributed by atoms with Crippen LogP contribution in [0.2, 0.25) is 0 Å². The van der Waals surface area contributed by atoms with Crippen molar-refractivity contribution in [3.05, 3.63) is 83.4 Å². The monoisotopic (exact) mass is 392 g/mol. The third-order valence-electron chi connectivity index (χ3n) is 4.97. The molecule has 7 nitrogen and oxygen atoms in total. The Bertz CT molecular complexity index is 1420. The van der Waals surface area contributed by atoms with E-state index in [0.717, 1.165) is 33.2 Å². The number of rotatable bonds is 4. The molecule has 3 N–H and O–H groups in total. The van der Waals surface area contributed by atoms with E-state index in [2.05, 4.69) is 31.6 Å². The van der Waals surface area contributed by atoms with Crippen molar-refractivity contribution in [3.8, 4) is 17.6 Å². The van der Waals surface area contributed by atoms with Crippen molar-refractivity contribution >= 4 is 27.8 Å². The lowest BCUT2D eigenvalue weighted by Gasteiger charge is -2.05. The highest BCUT2D eigenvalue weighted by Gasteiger charge is 2.14. The summed E-state index contributed by atoms with van der Waals surface area (Å²) in [5, 5.41) is 20.1. The Hall–Kier alpha value is -4.44. The molecule has 0 atom stereocenters. The van der Waals surface area contributed by atoms with E-state index in [0.29, 0.717) is 23.5 Å². The quantitative estimate of drug-likeness (QED) is 0.431. The highest BCUT2D eigenvalue weighted by Crippen LogP contribution is 2.26. The van der Waals surface area contributed by atoms with Crippen molar-refractivity contribution in [1.29, 1.82) is 5.26 Å². The number of para-hydroxylation sites is 1. The number of carbonyl (C=O) groups is 1. The summed E-state index contributed by atoms with van der Waals surface area (Å²) in [5.41, 5.74) is 5.28. The van der Waals surface area contributed by atoms with Crippen LogP contribution < -0.4 is 5.32 Å². The molecule has 30 heavy (non-hydrogen) atoms. The Morgan fingerprint density at radius 2 is 1.87 bits per heavy atom. The van der Waals surface area contributed by atoms with Gasteiger partial charge < -0.3 is 10.3 Å². The van der Waals surface area contributed by atoms with E-state index in [1.165, 1.54) is 0 Å². The van der Waals surface area contributed by atoms with Crippen molar-refractivity contribution in [1.82, 2.24) is 25.5 Å². The van der Waals surface area contributed by atoms with Crippen molar-refractivity contribution < 1.29 is 4.79 Å². The molecule has 5 aromatic rings. The fourth-order valence-electron chi connectivity index (χ4n) is 3.39. The molecule has 0 saturated heterocycles. The summed E-state index contributed by atoms with van der Waals surface area (Å²) in [4.78, 5) is 20.5. The average Bonchev–Trinajstić information content (AvgIpc) is 3.41. The van der Waals surface area contributed by atoms with Gasteiger partial charge in [-0.2, -0.15) is 10.4 Å². The molecule has 0 bridgehead atoms. The van der Waals surface area contributed by atoms with Gasteiger partial charge in [0, 0.05) is 17.5 Å². The Labute approximate surface area is 171 Å². The van der Waals surface area contributed by atoms with Crippen LogP contribution in [-0.2, 0) is 6.54 Å². The van der Waals surface area contributed by atoms with Crippen LogP contribution in [0.15, 0.2) is 66.7 Å². The number of carbonyl (C=O) groups excluding carboxylic acids is 1. The minimum atomic E-state index is -0.178. The molecule has 3 aromatic carbocycles. The van der Waals surface area contributed by atoms with Gasteiger partial charge in [0.15, 0.2) is 5.82 Å². The summed E-state index contributed by atoms with van der Waals surface area (Å²) >= 11 is 0. The number of fused-ring (bicyclic) bond motifs is 2. The Morgan fingerprint density at radius 3 is 2.70 bits per heavy atom. The topological polar surface area (TPSA) is 110 Å². The third kappa shape index (κ3) is 3.16. The maximum atomic E-state index is 12.6. The molecule has 0 fully saturated rings. The van der Waals surface area contributed by atoms with E-state index in [9.17, 15) is 4.79 Å². The van der Waals surface area contributed by atoms with Gasteiger partial charge in [-0.1, -0.05) is 30.3 Å². The number of aromatic amines is 2. The van der Waals surface area contributed by atoms with Crippen LogP contribution in [0.4, 0.5) is 0 Å². The molecule has 5 rings (SSSR count). The van der Waals surface area contributed by atoms with Crippen molar-refractivity contribution in [2.75, 3.05) is 0 Å². The maximum absolute atomic E-state index is 12.6. The van der Waals surface area contributed by atoms with Crippen LogP contribution >= 0.6 is 0 Å². The lowest BCUT2D eigenvalue weighted by Crippen LogP contribution is -2.22. The fraction of sp³-hybridized carbons (Fsp3) is 0.0435. The van der Waals surface area contributed by atoms with E-state index in [-0.39, 0.29) is 5.91 Å². The first-order chi connectivity index (χ1) is 14.7. The lowest BCUT2D eigenvalue weighted by molar-refractivity contribution is 0.0951. The van der Waals surface area contributed by atoms with Gasteiger partial charge in [-0.05, 0) is 42.0 Å². The summed E-state index contributed by atoms with van der Waals surface area (Å²) in [6, 6.07) is 22.4. The van der Waals surface area contributed by atoms with Gasteiger partial charge in [-0.15, -0.1) is 0 Å². The summed E-state index contributed by atoms with van der Waals surface area (Å²) in [5.74, 6) is 0.472. The minimum Gasteiger partial charge on any atom is -0.348 e. The predicted octanol–water partition coefficient (Wildman–Crippen LogP) is 3.91. The van der Waals surface area contributed by atoms with Crippen LogP contribution in [0.3, 0.4) is 0 Å². The molecule has 0 aliphatic rings. The molecule has 2 heterocycles. The second kappa shape index (κ2) is 7.18. The number of H-pyrrole nitrogens is 2. The highest BCUT2D eigenvalue weighted by atomic mass is 16.1. The zero-order valence-electron chi connectivity index (χ0n) is 15.8. The largest absolute Gasteiger partial charge is 0.348 e. The van der Waals surface area contributed by atoms with Crippen LogP contribution in [0, 0.1) is 11.3 Å². The van der Waals surface area contributed by atoms with E-state index >= 15 is 0 Å². The molecule has 0 unspecified atom stereocenters. The molecule has 0 radical (unpaired) electrons. The lowest BCUT2D eigenvalue weighted by atomic mass is 10.1. The van der Waals surface area contributed by atoms with Crippen molar-refractivity contribution in [2.45, 2.75) is 6.54 Å². The second-order valence-electron chi connectivity index (χ2n) is 6.93. The highest BCUT2D eigenvalue weighted by molar-refractivity contribution is 5.98. The summed E-state index contributed by atoms with van der Waals surface area (Å²) in [7, 11) is 0. The number of aromatic nitrogens is 4. The molecule has 0 saturated carbocycles. The molecule has 0 aliphatic heterocycles. The van der Waals surface area contributed by atoms with Crippen molar-refractivity contribution in [3.63, 3.8) is 0 Å². The summed E-state index contributed by atoms with van der Waals surface area (Å²) < 4.78 is 0. The van der Waals surface area contributed by atoms with Gasteiger partial charge in [-0.3, -0.25) is 9.89 Å². The summed E-state index contributed by atoms with van der Waals surface area (Å²) in [6.07, 6.45) is 0. The summed E-state index contributed by atoms with van der Waals surface area (Å²) in [6.45, 7) is 0.385. The number of imidazole rings is 1. The van der Waals surface area contributed by atoms with Gasteiger partial charge in [0.05, 0.1) is 28.2 Å². The smallest absolute Gasteiger partial charge is 0.251 e. The van der Waals surface area contributed by atoms with E-state index < -0.39 is 0 Å². The molecular weight excluding hydrogens is 376 g/mol. The van der Waals surface area contributed by atoms with Crippen molar-refractivity contribution in [2.24, 2.45) is 0 Å². The van der Waals surface area contributed by atoms with Gasteiger partial charge >= 0.3 is 0 Å². The zero-order chi connectivity index (χ0) is 20.5. The number of hydrogen-bond acceptors (Lipinski definition) is 4. The molecule has 0 aliphatic carbocycles. The number of amides is 1. The Kier molecular flexibility index (Phi) is 4.23. The Morgan fingerprint density at radius 1 is 1.03 bits per heavy atom. The molecule has 144 valence electrons. The molecule has 7 heteroatoms. The standard InChI is InChI=1S/C23H16N6O/c24-12-14-5-7-15(8-6-14)13-25-23(30)16-9-10-19-20(11-16)27-22(26-19)21-17-3-1-2-4-18(17)28-29-21/h1-11H,13H2,(H,25,30)(H,26,27)(H,28,29). The first-order valence-corrected chi connectivity index (χ1v) is 9.42. The molecule has 0 spiro atoms. The van der Waals surface area contributed by atoms with E-state index in [1.54, 1.807) is 24.3 Å². The molecule has 1 amide bonds. The minimum absolute atomic E-state index is 0.178. The molecular formula is C23H16N6O. The van der Waals surface area contributed by atoms with Gasteiger partial charge in [0.1, 0.15) is 5.69 Å². The van der Waals surface area contributed by atoms with E-state index in [1.807, 2.05) is 42.5 Å². The van der Waals surface area contributed by atoms with Gasteiger partial charge in [0.25, 0.3) is 5.91 Å². The number of nitrogens with zero attached hydrogens (tertiary/aromatic N) is 3. The number of benzene rings is 3. The average molecular weight is 392 g/mol. The van der Waals surface area contributed by atoms with Gasteiger partial charge in [-0.25, -0.2) is 4.98 Å². The zero-order valence-corrected chi connectivity index (χ0v) is 15.8. The van der Waals surface area contributed by atoms with Gasteiger partial charge in [0.2, 0.25) is 0 Å². The maximum Gasteiger partial charge on any atom is 0.251 e. The van der Waals surface area contributed by atoms with E-state index in [4.69, 9.17) is 5.26 Å². The predicted molar refractivity (Wildman–Crippen MR) is 114 cm³/mol. The fourth-order valence-corrected chi connectivity index (χ4v) is 3.39. The van der Waals surface area contributed by atoms with Crippen LogP contribution in [0.1, 0.15) is 21.5 Å².